The van der Waals surface area contributed by atoms with E-state index in [4.69, 9.17) is 5.73 Å². The molecule has 2 aromatic rings. The van der Waals surface area contributed by atoms with Crippen molar-refractivity contribution in [3.05, 3.63) is 18.2 Å². The SMILES string of the molecule is Nc1ccc2nc(NC(=O)C3CCCCCC3)sc2c1. The first kappa shape index (κ1) is 13.4. The van der Waals surface area contributed by atoms with Crippen LogP contribution < -0.4 is 11.1 Å². The van der Waals surface area contributed by atoms with E-state index >= 15 is 0 Å². The minimum absolute atomic E-state index is 0.124. The van der Waals surface area contributed by atoms with Gasteiger partial charge in [-0.1, -0.05) is 37.0 Å². The molecule has 1 heterocycles. The molecule has 0 unspecified atom stereocenters. The molecular formula is C15H19N3OS. The molecule has 0 bridgehead atoms. The van der Waals surface area contributed by atoms with Crippen LogP contribution in [0, 0.1) is 5.92 Å². The van der Waals surface area contributed by atoms with Gasteiger partial charge in [0.2, 0.25) is 5.91 Å². The Kier molecular flexibility index (Phi) is 3.87. The van der Waals surface area contributed by atoms with Gasteiger partial charge in [-0.05, 0) is 31.0 Å². The first-order valence-corrected chi connectivity index (χ1v) is 8.01. The molecule has 3 N–H and O–H groups in total. The largest absolute Gasteiger partial charge is 0.399 e. The van der Waals surface area contributed by atoms with Crippen LogP contribution in [0.2, 0.25) is 0 Å². The van der Waals surface area contributed by atoms with Gasteiger partial charge >= 0.3 is 0 Å². The van der Waals surface area contributed by atoms with E-state index in [0.717, 1.165) is 41.6 Å². The molecular weight excluding hydrogens is 270 g/mol. The van der Waals surface area contributed by atoms with Crippen molar-refractivity contribution in [2.24, 2.45) is 5.92 Å². The Morgan fingerprint density at radius 3 is 2.75 bits per heavy atom. The van der Waals surface area contributed by atoms with Crippen molar-refractivity contribution in [2.75, 3.05) is 11.1 Å². The Hall–Kier alpha value is -1.62. The Morgan fingerprint density at radius 1 is 1.25 bits per heavy atom. The predicted octanol–water partition coefficient (Wildman–Crippen LogP) is 3.79. The van der Waals surface area contributed by atoms with Gasteiger partial charge in [-0.15, -0.1) is 0 Å². The molecule has 20 heavy (non-hydrogen) atoms. The number of carbonyl (C=O) groups is 1. The lowest BCUT2D eigenvalue weighted by Gasteiger charge is -2.12. The maximum Gasteiger partial charge on any atom is 0.229 e. The molecule has 1 aliphatic rings. The van der Waals surface area contributed by atoms with Gasteiger partial charge in [0.05, 0.1) is 10.2 Å². The third-order valence-electron chi connectivity index (χ3n) is 3.87. The number of amides is 1. The van der Waals surface area contributed by atoms with E-state index in [1.54, 1.807) is 0 Å². The molecule has 0 spiro atoms. The standard InChI is InChI=1S/C15H19N3OS/c16-11-7-8-12-13(9-11)20-15(17-12)18-14(19)10-5-3-1-2-4-6-10/h7-10H,1-6,16H2,(H,17,18,19). The van der Waals surface area contributed by atoms with E-state index < -0.39 is 0 Å². The van der Waals surface area contributed by atoms with Crippen molar-refractivity contribution < 1.29 is 4.79 Å². The van der Waals surface area contributed by atoms with Gasteiger partial charge in [0.1, 0.15) is 0 Å². The topological polar surface area (TPSA) is 68.0 Å². The molecule has 1 amide bonds. The zero-order valence-electron chi connectivity index (χ0n) is 11.4. The summed E-state index contributed by atoms with van der Waals surface area (Å²) in [5, 5.41) is 3.66. The Bertz CT molecular complexity index is 615. The fourth-order valence-corrected chi connectivity index (χ4v) is 3.66. The fourth-order valence-electron chi connectivity index (χ4n) is 2.74. The lowest BCUT2D eigenvalue weighted by molar-refractivity contribution is -0.120. The van der Waals surface area contributed by atoms with Crippen LogP contribution in [-0.2, 0) is 4.79 Å². The predicted molar refractivity (Wildman–Crippen MR) is 83.9 cm³/mol. The molecule has 1 fully saturated rings. The Morgan fingerprint density at radius 2 is 2.00 bits per heavy atom. The van der Waals surface area contributed by atoms with Crippen LogP contribution in [0.1, 0.15) is 38.5 Å². The third kappa shape index (κ3) is 2.93. The summed E-state index contributed by atoms with van der Waals surface area (Å²) in [4.78, 5) is 16.7. The highest BCUT2D eigenvalue weighted by Gasteiger charge is 2.21. The number of thiazole rings is 1. The molecule has 1 aliphatic carbocycles. The normalized spacial score (nSPS) is 17.0. The molecule has 106 valence electrons. The molecule has 5 heteroatoms. The van der Waals surface area contributed by atoms with E-state index in [9.17, 15) is 4.79 Å². The molecule has 1 aromatic heterocycles. The second kappa shape index (κ2) is 5.79. The second-order valence-electron chi connectivity index (χ2n) is 5.42. The summed E-state index contributed by atoms with van der Waals surface area (Å²) in [7, 11) is 0. The summed E-state index contributed by atoms with van der Waals surface area (Å²) in [5.74, 6) is 0.272. The number of benzene rings is 1. The summed E-state index contributed by atoms with van der Waals surface area (Å²) in [6, 6.07) is 5.62. The summed E-state index contributed by atoms with van der Waals surface area (Å²) in [5.41, 5.74) is 7.37. The number of nitrogens with one attached hydrogen (secondary N) is 1. The van der Waals surface area contributed by atoms with Gasteiger partial charge in [0.15, 0.2) is 5.13 Å². The Balaban J connectivity index is 1.73. The molecule has 1 aromatic carbocycles. The van der Waals surface area contributed by atoms with Crippen molar-refractivity contribution in [3.8, 4) is 0 Å². The number of anilines is 2. The van der Waals surface area contributed by atoms with Crippen molar-refractivity contribution in [2.45, 2.75) is 38.5 Å². The lowest BCUT2D eigenvalue weighted by Crippen LogP contribution is -2.22. The first-order chi connectivity index (χ1) is 9.72. The number of nitrogens with zero attached hydrogens (tertiary/aromatic N) is 1. The van der Waals surface area contributed by atoms with Crippen LogP contribution in [0.3, 0.4) is 0 Å². The number of hydrogen-bond acceptors (Lipinski definition) is 4. The highest BCUT2D eigenvalue weighted by atomic mass is 32.1. The maximum absolute atomic E-state index is 12.3. The van der Waals surface area contributed by atoms with Gasteiger partial charge in [0, 0.05) is 11.6 Å². The van der Waals surface area contributed by atoms with Crippen LogP contribution in [0.4, 0.5) is 10.8 Å². The zero-order valence-corrected chi connectivity index (χ0v) is 12.2. The van der Waals surface area contributed by atoms with Gasteiger partial charge < -0.3 is 11.1 Å². The van der Waals surface area contributed by atoms with Crippen LogP contribution in [-0.4, -0.2) is 10.9 Å². The van der Waals surface area contributed by atoms with E-state index in [0.29, 0.717) is 5.13 Å². The second-order valence-corrected chi connectivity index (χ2v) is 6.45. The average molecular weight is 289 g/mol. The number of carbonyl (C=O) groups excluding carboxylic acids is 1. The summed E-state index contributed by atoms with van der Waals surface area (Å²) in [6.07, 6.45) is 6.84. The van der Waals surface area contributed by atoms with Crippen LogP contribution in [0.5, 0.6) is 0 Å². The van der Waals surface area contributed by atoms with Crippen molar-refractivity contribution >= 4 is 38.3 Å². The average Bonchev–Trinajstić information content (AvgIpc) is 2.64. The molecule has 0 aliphatic heterocycles. The fraction of sp³-hybridized carbons (Fsp3) is 0.467. The van der Waals surface area contributed by atoms with Gasteiger partial charge in [-0.25, -0.2) is 4.98 Å². The summed E-state index contributed by atoms with van der Waals surface area (Å²) >= 11 is 1.49. The van der Waals surface area contributed by atoms with Gasteiger partial charge in [-0.3, -0.25) is 4.79 Å². The van der Waals surface area contributed by atoms with Gasteiger partial charge in [0.25, 0.3) is 0 Å². The lowest BCUT2D eigenvalue weighted by atomic mass is 10.00. The van der Waals surface area contributed by atoms with Crippen LogP contribution in [0.15, 0.2) is 18.2 Å². The maximum atomic E-state index is 12.3. The molecule has 1 saturated carbocycles. The van der Waals surface area contributed by atoms with Crippen molar-refractivity contribution in [3.63, 3.8) is 0 Å². The number of rotatable bonds is 2. The van der Waals surface area contributed by atoms with Crippen LogP contribution >= 0.6 is 11.3 Å². The van der Waals surface area contributed by atoms with Gasteiger partial charge in [-0.2, -0.15) is 0 Å². The quantitative estimate of drug-likeness (QED) is 0.653. The number of nitrogens with two attached hydrogens (primary N) is 1. The van der Waals surface area contributed by atoms with E-state index in [-0.39, 0.29) is 11.8 Å². The minimum Gasteiger partial charge on any atom is -0.399 e. The number of aromatic nitrogens is 1. The first-order valence-electron chi connectivity index (χ1n) is 7.19. The zero-order chi connectivity index (χ0) is 13.9. The smallest absolute Gasteiger partial charge is 0.229 e. The minimum atomic E-state index is 0.124. The van der Waals surface area contributed by atoms with Crippen molar-refractivity contribution in [1.82, 2.24) is 4.98 Å². The molecule has 3 rings (SSSR count). The monoisotopic (exact) mass is 289 g/mol. The third-order valence-corrected chi connectivity index (χ3v) is 4.80. The highest BCUT2D eigenvalue weighted by molar-refractivity contribution is 7.22. The Labute approximate surface area is 122 Å². The molecule has 0 radical (unpaired) electrons. The number of hydrogen-bond donors (Lipinski definition) is 2. The summed E-state index contributed by atoms with van der Waals surface area (Å²) in [6.45, 7) is 0. The van der Waals surface area contributed by atoms with E-state index in [2.05, 4.69) is 10.3 Å². The molecule has 0 atom stereocenters. The highest BCUT2D eigenvalue weighted by Crippen LogP contribution is 2.29. The molecule has 0 saturated heterocycles. The number of fused-ring (bicyclic) bond motifs is 1. The van der Waals surface area contributed by atoms with E-state index in [1.165, 1.54) is 24.2 Å². The van der Waals surface area contributed by atoms with Crippen LogP contribution in [0.25, 0.3) is 10.2 Å². The summed E-state index contributed by atoms with van der Waals surface area (Å²) < 4.78 is 1.01. The number of nitrogen functional groups attached to an aromatic ring is 1. The van der Waals surface area contributed by atoms with E-state index in [1.807, 2.05) is 18.2 Å². The van der Waals surface area contributed by atoms with Crippen molar-refractivity contribution in [1.29, 1.82) is 0 Å². The molecule has 4 nitrogen and oxygen atoms in total.